The van der Waals surface area contributed by atoms with Gasteiger partial charge in [-0.1, -0.05) is 0 Å². The standard InChI is InChI=1S/C18H13N5O3/c19-18-22-16-15(17(26)23-18)20-13(9-1-5-11(24)6-2-9)14(21-16)10-3-7-12(25)8-4-10/h1-8,24-25H,(H3,19,21,22,23,26). The van der Waals surface area contributed by atoms with E-state index in [4.69, 9.17) is 5.73 Å². The van der Waals surface area contributed by atoms with Gasteiger partial charge in [0.15, 0.2) is 11.2 Å². The van der Waals surface area contributed by atoms with E-state index in [1.165, 1.54) is 24.3 Å². The van der Waals surface area contributed by atoms with Gasteiger partial charge in [0.25, 0.3) is 0 Å². The highest BCUT2D eigenvalue weighted by atomic mass is 16.3. The molecule has 2 heterocycles. The van der Waals surface area contributed by atoms with Gasteiger partial charge in [-0.2, -0.15) is 9.97 Å². The van der Waals surface area contributed by atoms with Crippen LogP contribution < -0.4 is 5.73 Å². The number of hydrogen-bond donors (Lipinski definition) is 4. The fourth-order valence-corrected chi connectivity index (χ4v) is 2.59. The van der Waals surface area contributed by atoms with Gasteiger partial charge >= 0.3 is 0 Å². The van der Waals surface area contributed by atoms with E-state index in [0.717, 1.165) is 0 Å². The number of anilines is 1. The van der Waals surface area contributed by atoms with Crippen LogP contribution in [0.15, 0.2) is 48.5 Å². The van der Waals surface area contributed by atoms with Crippen LogP contribution in [0.5, 0.6) is 17.4 Å². The molecule has 128 valence electrons. The van der Waals surface area contributed by atoms with E-state index in [2.05, 4.69) is 19.9 Å². The molecule has 5 N–H and O–H groups in total. The van der Waals surface area contributed by atoms with E-state index in [9.17, 15) is 15.3 Å². The van der Waals surface area contributed by atoms with Crippen molar-refractivity contribution in [3.8, 4) is 39.9 Å². The van der Waals surface area contributed by atoms with Crippen molar-refractivity contribution in [3.05, 3.63) is 48.5 Å². The third kappa shape index (κ3) is 2.69. The van der Waals surface area contributed by atoms with Crippen LogP contribution >= 0.6 is 0 Å². The zero-order valence-electron chi connectivity index (χ0n) is 13.3. The molecule has 0 unspecified atom stereocenters. The Kier molecular flexibility index (Phi) is 3.51. The van der Waals surface area contributed by atoms with E-state index in [1.54, 1.807) is 24.3 Å². The summed E-state index contributed by atoms with van der Waals surface area (Å²) < 4.78 is 0. The van der Waals surface area contributed by atoms with Gasteiger partial charge in [-0.25, -0.2) is 9.97 Å². The summed E-state index contributed by atoms with van der Waals surface area (Å²) in [5.41, 5.74) is 8.18. The van der Waals surface area contributed by atoms with Crippen molar-refractivity contribution in [2.75, 3.05) is 5.73 Å². The molecule has 4 rings (SSSR count). The lowest BCUT2D eigenvalue weighted by Crippen LogP contribution is -2.01. The number of phenolic OH excluding ortho intramolecular Hbond substituents is 2. The molecule has 0 bridgehead atoms. The van der Waals surface area contributed by atoms with Crippen LogP contribution in [0.2, 0.25) is 0 Å². The Labute approximate surface area is 147 Å². The molecule has 8 heteroatoms. The van der Waals surface area contributed by atoms with Crippen molar-refractivity contribution in [2.45, 2.75) is 0 Å². The van der Waals surface area contributed by atoms with Crippen LogP contribution in [-0.4, -0.2) is 35.3 Å². The Balaban J connectivity index is 2.04. The Morgan fingerprint density at radius 3 is 1.65 bits per heavy atom. The smallest absolute Gasteiger partial charge is 0.244 e. The summed E-state index contributed by atoms with van der Waals surface area (Å²) >= 11 is 0. The maximum Gasteiger partial charge on any atom is 0.244 e. The third-order valence-electron chi connectivity index (χ3n) is 3.81. The monoisotopic (exact) mass is 347 g/mol. The molecule has 0 aliphatic heterocycles. The van der Waals surface area contributed by atoms with Crippen LogP contribution in [0, 0.1) is 0 Å². The predicted octanol–water partition coefficient (Wildman–Crippen LogP) is 2.45. The first-order chi connectivity index (χ1) is 12.5. The van der Waals surface area contributed by atoms with Crippen molar-refractivity contribution < 1.29 is 15.3 Å². The summed E-state index contributed by atoms with van der Waals surface area (Å²) in [6.45, 7) is 0. The highest BCUT2D eigenvalue weighted by Crippen LogP contribution is 2.33. The minimum atomic E-state index is -0.364. The molecule has 0 spiro atoms. The van der Waals surface area contributed by atoms with Gasteiger partial charge in [-0.3, -0.25) is 0 Å². The molecule has 0 aliphatic rings. The molecule has 0 saturated heterocycles. The normalized spacial score (nSPS) is 10.9. The average Bonchev–Trinajstić information content (AvgIpc) is 2.62. The summed E-state index contributed by atoms with van der Waals surface area (Å²) in [5.74, 6) is -0.235. The van der Waals surface area contributed by atoms with Gasteiger partial charge in [-0.05, 0) is 48.5 Å². The lowest BCUT2D eigenvalue weighted by atomic mass is 10.0. The summed E-state index contributed by atoms with van der Waals surface area (Å²) in [7, 11) is 0. The maximum atomic E-state index is 10.1. The number of hydrogen-bond acceptors (Lipinski definition) is 8. The second-order valence-electron chi connectivity index (χ2n) is 5.59. The second kappa shape index (κ2) is 5.85. The molecular formula is C18H13N5O3. The van der Waals surface area contributed by atoms with Crippen LogP contribution in [0.1, 0.15) is 0 Å². The summed E-state index contributed by atoms with van der Waals surface area (Å²) in [6.07, 6.45) is 0. The molecule has 0 radical (unpaired) electrons. The number of benzene rings is 2. The Morgan fingerprint density at radius 2 is 1.12 bits per heavy atom. The van der Waals surface area contributed by atoms with Gasteiger partial charge in [0.2, 0.25) is 11.8 Å². The topological polar surface area (TPSA) is 138 Å². The minimum absolute atomic E-state index is 0.113. The van der Waals surface area contributed by atoms with E-state index in [0.29, 0.717) is 22.5 Å². The molecule has 2 aromatic heterocycles. The largest absolute Gasteiger partial charge is 0.508 e. The number of nitrogens with zero attached hydrogens (tertiary/aromatic N) is 4. The quantitative estimate of drug-likeness (QED) is 0.434. The molecule has 0 amide bonds. The van der Waals surface area contributed by atoms with E-state index < -0.39 is 0 Å². The molecule has 0 fully saturated rings. The molecule has 0 atom stereocenters. The second-order valence-corrected chi connectivity index (χ2v) is 5.59. The first-order valence-electron chi connectivity index (χ1n) is 7.64. The minimum Gasteiger partial charge on any atom is -0.508 e. The van der Waals surface area contributed by atoms with Crippen LogP contribution in [0.3, 0.4) is 0 Å². The van der Waals surface area contributed by atoms with Crippen LogP contribution in [0.4, 0.5) is 5.95 Å². The van der Waals surface area contributed by atoms with Gasteiger partial charge in [0, 0.05) is 11.1 Å². The number of nitrogen functional groups attached to an aromatic ring is 1. The molecular weight excluding hydrogens is 334 g/mol. The fourth-order valence-electron chi connectivity index (χ4n) is 2.59. The van der Waals surface area contributed by atoms with Crippen molar-refractivity contribution in [1.29, 1.82) is 0 Å². The van der Waals surface area contributed by atoms with Crippen molar-refractivity contribution in [1.82, 2.24) is 19.9 Å². The highest BCUT2D eigenvalue weighted by molar-refractivity contribution is 5.87. The Morgan fingerprint density at radius 1 is 0.615 bits per heavy atom. The molecule has 26 heavy (non-hydrogen) atoms. The SMILES string of the molecule is Nc1nc(O)c2nc(-c3ccc(O)cc3)c(-c3ccc(O)cc3)nc2n1. The lowest BCUT2D eigenvalue weighted by Gasteiger charge is -2.11. The zero-order chi connectivity index (χ0) is 18.3. The highest BCUT2D eigenvalue weighted by Gasteiger charge is 2.17. The average molecular weight is 347 g/mol. The van der Waals surface area contributed by atoms with Gasteiger partial charge in [-0.15, -0.1) is 0 Å². The molecule has 4 aromatic rings. The van der Waals surface area contributed by atoms with Crippen molar-refractivity contribution >= 4 is 17.1 Å². The van der Waals surface area contributed by atoms with E-state index >= 15 is 0 Å². The van der Waals surface area contributed by atoms with Gasteiger partial charge < -0.3 is 21.1 Å². The van der Waals surface area contributed by atoms with E-state index in [-0.39, 0.29) is 34.5 Å². The number of aromatic nitrogens is 4. The number of phenols is 2. The van der Waals surface area contributed by atoms with Gasteiger partial charge in [0.1, 0.15) is 11.5 Å². The van der Waals surface area contributed by atoms with Crippen molar-refractivity contribution in [2.24, 2.45) is 0 Å². The number of aromatic hydroxyl groups is 3. The molecule has 2 aromatic carbocycles. The predicted molar refractivity (Wildman–Crippen MR) is 95.4 cm³/mol. The Hall–Kier alpha value is -3.94. The fraction of sp³-hybridized carbons (Fsp3) is 0. The lowest BCUT2D eigenvalue weighted by molar-refractivity contribution is 0.459. The molecule has 0 aliphatic carbocycles. The Bertz CT molecular complexity index is 1110. The maximum absolute atomic E-state index is 10.1. The summed E-state index contributed by atoms with van der Waals surface area (Å²) in [5, 5.41) is 29.1. The number of rotatable bonds is 2. The molecule has 0 saturated carbocycles. The van der Waals surface area contributed by atoms with Crippen LogP contribution in [-0.2, 0) is 0 Å². The molecule has 8 nitrogen and oxygen atoms in total. The first-order valence-corrected chi connectivity index (χ1v) is 7.64. The third-order valence-corrected chi connectivity index (χ3v) is 3.81. The van der Waals surface area contributed by atoms with Crippen LogP contribution in [0.25, 0.3) is 33.7 Å². The van der Waals surface area contributed by atoms with Gasteiger partial charge in [0.05, 0.1) is 11.4 Å². The summed E-state index contributed by atoms with van der Waals surface area (Å²) in [4.78, 5) is 16.7. The zero-order valence-corrected chi connectivity index (χ0v) is 13.3. The number of fused-ring (bicyclic) bond motifs is 1. The summed E-state index contributed by atoms with van der Waals surface area (Å²) in [6, 6.07) is 12.9. The first kappa shape index (κ1) is 15.6. The van der Waals surface area contributed by atoms with Crippen molar-refractivity contribution in [3.63, 3.8) is 0 Å². The van der Waals surface area contributed by atoms with E-state index in [1.807, 2.05) is 0 Å². The number of nitrogens with two attached hydrogens (primary N) is 1.